The molecule has 0 aliphatic carbocycles. The van der Waals surface area contributed by atoms with Crippen molar-refractivity contribution in [2.45, 2.75) is 13.8 Å². The second-order valence-electron chi connectivity index (χ2n) is 1.68. The molecule has 0 fully saturated rings. The van der Waals surface area contributed by atoms with Crippen LogP contribution in [0.4, 0.5) is 0 Å². The molecule has 0 saturated carbocycles. The molecule has 0 spiro atoms. The molecule has 0 rings (SSSR count). The minimum Gasteiger partial charge on any atom is -0.515 e. The molecule has 0 aromatic carbocycles. The summed E-state index contributed by atoms with van der Waals surface area (Å²) in [5.41, 5.74) is 0.355. The molecule has 0 aliphatic heterocycles. The molecule has 0 atom stereocenters. The first-order valence-electron chi connectivity index (χ1n) is 2.70. The molecule has 0 aromatic heterocycles. The molecule has 2 nitrogen and oxygen atoms in total. The van der Waals surface area contributed by atoms with Crippen LogP contribution < -0.4 is 0 Å². The number of allylic oxidation sites excluding steroid dienone is 3. The van der Waals surface area contributed by atoms with Crippen LogP contribution in [-0.4, -0.2) is 10.9 Å². The molecule has 0 unspecified atom stereocenters. The Morgan fingerprint density at radius 2 is 2.11 bits per heavy atom. The zero-order valence-corrected chi connectivity index (χ0v) is 5.59. The monoisotopic (exact) mass is 126 g/mol. The Bertz CT molecular complexity index is 154. The molecule has 1 N–H and O–H groups in total. The van der Waals surface area contributed by atoms with Gasteiger partial charge in [0.25, 0.3) is 0 Å². The van der Waals surface area contributed by atoms with Crippen molar-refractivity contribution in [2.75, 3.05) is 0 Å². The van der Waals surface area contributed by atoms with E-state index in [9.17, 15) is 4.79 Å². The number of rotatable bonds is 2. The van der Waals surface area contributed by atoms with Crippen molar-refractivity contribution in [2.24, 2.45) is 0 Å². The van der Waals surface area contributed by atoms with Crippen LogP contribution in [0.2, 0.25) is 0 Å². The van der Waals surface area contributed by atoms with E-state index in [0.29, 0.717) is 5.57 Å². The first-order valence-corrected chi connectivity index (χ1v) is 2.70. The van der Waals surface area contributed by atoms with Crippen LogP contribution in [0.5, 0.6) is 0 Å². The Morgan fingerprint density at radius 1 is 1.56 bits per heavy atom. The van der Waals surface area contributed by atoms with E-state index in [2.05, 4.69) is 0 Å². The van der Waals surface area contributed by atoms with Crippen molar-refractivity contribution >= 4 is 5.78 Å². The summed E-state index contributed by atoms with van der Waals surface area (Å²) in [6.45, 7) is 3.31. The molecule has 0 radical (unpaired) electrons. The zero-order chi connectivity index (χ0) is 7.28. The van der Waals surface area contributed by atoms with Crippen molar-refractivity contribution < 1.29 is 9.90 Å². The summed E-state index contributed by atoms with van der Waals surface area (Å²) >= 11 is 0. The number of carbonyl (C=O) groups is 1. The maximum Gasteiger partial charge on any atom is 0.184 e. The molecule has 9 heavy (non-hydrogen) atoms. The summed E-state index contributed by atoms with van der Waals surface area (Å²) in [6, 6.07) is 0. The lowest BCUT2D eigenvalue weighted by Gasteiger charge is -1.87. The lowest BCUT2D eigenvalue weighted by molar-refractivity contribution is -0.111. The zero-order valence-electron chi connectivity index (χ0n) is 5.59. The predicted octanol–water partition coefficient (Wildman–Crippen LogP) is 1.59. The van der Waals surface area contributed by atoms with Crippen molar-refractivity contribution in [3.05, 3.63) is 24.0 Å². The third kappa shape index (κ3) is 2.69. The Kier molecular flexibility index (Phi) is 3.44. The molecule has 0 aromatic rings. The van der Waals surface area contributed by atoms with Gasteiger partial charge in [-0.2, -0.15) is 0 Å². The SMILES string of the molecule is C/C=C\C(=O)C(C)=CO. The van der Waals surface area contributed by atoms with Crippen molar-refractivity contribution in [3.8, 4) is 0 Å². The van der Waals surface area contributed by atoms with Crippen LogP contribution in [0.3, 0.4) is 0 Å². The molecule has 0 bridgehead atoms. The van der Waals surface area contributed by atoms with Gasteiger partial charge in [0.2, 0.25) is 0 Å². The fraction of sp³-hybridized carbons (Fsp3) is 0.286. The van der Waals surface area contributed by atoms with Gasteiger partial charge >= 0.3 is 0 Å². The minimum absolute atomic E-state index is 0.153. The third-order valence-electron chi connectivity index (χ3n) is 0.900. The number of aliphatic hydroxyl groups excluding tert-OH is 1. The Balaban J connectivity index is 4.05. The second-order valence-corrected chi connectivity index (χ2v) is 1.68. The molecule has 0 saturated heterocycles. The van der Waals surface area contributed by atoms with Gasteiger partial charge in [-0.3, -0.25) is 4.79 Å². The van der Waals surface area contributed by atoms with E-state index in [-0.39, 0.29) is 5.78 Å². The fourth-order valence-electron chi connectivity index (χ4n) is 0.346. The van der Waals surface area contributed by atoms with E-state index in [0.717, 1.165) is 6.26 Å². The van der Waals surface area contributed by atoms with Crippen molar-refractivity contribution in [1.29, 1.82) is 0 Å². The van der Waals surface area contributed by atoms with Gasteiger partial charge in [0, 0.05) is 5.57 Å². The van der Waals surface area contributed by atoms with Gasteiger partial charge in [0.15, 0.2) is 5.78 Å². The fourth-order valence-corrected chi connectivity index (χ4v) is 0.346. The third-order valence-corrected chi connectivity index (χ3v) is 0.900. The Labute approximate surface area is 54.5 Å². The van der Waals surface area contributed by atoms with E-state index in [1.807, 2.05) is 0 Å². The molecular weight excluding hydrogens is 116 g/mol. The first-order chi connectivity index (χ1) is 4.22. The van der Waals surface area contributed by atoms with Gasteiger partial charge in [-0.1, -0.05) is 6.08 Å². The molecule has 0 amide bonds. The van der Waals surface area contributed by atoms with Gasteiger partial charge < -0.3 is 5.11 Å². The Morgan fingerprint density at radius 3 is 2.44 bits per heavy atom. The second kappa shape index (κ2) is 3.89. The molecule has 0 heterocycles. The molecular formula is C7H10O2. The maximum absolute atomic E-state index is 10.7. The standard InChI is InChI=1S/C7H10O2/c1-3-4-7(9)6(2)5-8/h3-5,8H,1-2H3/b4-3-,6-5?. The molecule has 2 heteroatoms. The highest BCUT2D eigenvalue weighted by atomic mass is 16.2. The predicted molar refractivity (Wildman–Crippen MR) is 36.2 cm³/mol. The van der Waals surface area contributed by atoms with Gasteiger partial charge in [0.1, 0.15) is 0 Å². The average Bonchev–Trinajstić information content (AvgIpc) is 1.87. The van der Waals surface area contributed by atoms with Crippen LogP contribution in [-0.2, 0) is 4.79 Å². The highest BCUT2D eigenvalue weighted by molar-refractivity contribution is 6.03. The lowest BCUT2D eigenvalue weighted by Crippen LogP contribution is -1.92. The summed E-state index contributed by atoms with van der Waals surface area (Å²) < 4.78 is 0. The minimum atomic E-state index is -0.153. The number of aliphatic hydroxyl groups is 1. The highest BCUT2D eigenvalue weighted by Crippen LogP contribution is 1.92. The quantitative estimate of drug-likeness (QED) is 0.450. The van der Waals surface area contributed by atoms with E-state index < -0.39 is 0 Å². The summed E-state index contributed by atoms with van der Waals surface area (Å²) in [4.78, 5) is 10.7. The lowest BCUT2D eigenvalue weighted by atomic mass is 10.2. The number of hydrogen-bond donors (Lipinski definition) is 1. The number of carbonyl (C=O) groups excluding carboxylic acids is 1. The molecule has 0 aliphatic rings. The van der Waals surface area contributed by atoms with Crippen LogP contribution in [0.15, 0.2) is 24.0 Å². The normalized spacial score (nSPS) is 12.4. The van der Waals surface area contributed by atoms with E-state index >= 15 is 0 Å². The number of hydrogen-bond acceptors (Lipinski definition) is 2. The topological polar surface area (TPSA) is 37.3 Å². The van der Waals surface area contributed by atoms with Crippen molar-refractivity contribution in [1.82, 2.24) is 0 Å². The number of ketones is 1. The summed E-state index contributed by atoms with van der Waals surface area (Å²) in [6.07, 6.45) is 3.85. The Hall–Kier alpha value is -1.05. The molecule has 50 valence electrons. The first kappa shape index (κ1) is 7.95. The van der Waals surface area contributed by atoms with Gasteiger partial charge in [0.05, 0.1) is 6.26 Å². The van der Waals surface area contributed by atoms with Gasteiger partial charge in [-0.25, -0.2) is 0 Å². The van der Waals surface area contributed by atoms with Gasteiger partial charge in [-0.05, 0) is 19.9 Å². The van der Waals surface area contributed by atoms with Crippen LogP contribution in [0.1, 0.15) is 13.8 Å². The van der Waals surface area contributed by atoms with Crippen molar-refractivity contribution in [3.63, 3.8) is 0 Å². The van der Waals surface area contributed by atoms with E-state index in [1.165, 1.54) is 6.08 Å². The summed E-state index contributed by atoms with van der Waals surface area (Å²) in [7, 11) is 0. The van der Waals surface area contributed by atoms with Crippen LogP contribution in [0.25, 0.3) is 0 Å². The van der Waals surface area contributed by atoms with E-state index in [4.69, 9.17) is 5.11 Å². The summed E-state index contributed by atoms with van der Waals surface area (Å²) in [5.74, 6) is -0.153. The maximum atomic E-state index is 10.7. The summed E-state index contributed by atoms with van der Waals surface area (Å²) in [5, 5.41) is 8.32. The van der Waals surface area contributed by atoms with Crippen LogP contribution >= 0.6 is 0 Å². The average molecular weight is 126 g/mol. The smallest absolute Gasteiger partial charge is 0.184 e. The van der Waals surface area contributed by atoms with Crippen LogP contribution in [0, 0.1) is 0 Å². The van der Waals surface area contributed by atoms with E-state index in [1.54, 1.807) is 19.9 Å². The highest BCUT2D eigenvalue weighted by Gasteiger charge is 1.95. The largest absolute Gasteiger partial charge is 0.515 e. The van der Waals surface area contributed by atoms with Gasteiger partial charge in [-0.15, -0.1) is 0 Å².